The maximum atomic E-state index is 13.0. The Morgan fingerprint density at radius 1 is 1.00 bits per heavy atom. The molecule has 1 saturated heterocycles. The molecule has 3 heterocycles. The van der Waals surface area contributed by atoms with Crippen molar-refractivity contribution in [2.24, 2.45) is 0 Å². The first-order valence-corrected chi connectivity index (χ1v) is 10.4. The third-order valence-electron chi connectivity index (χ3n) is 4.60. The van der Waals surface area contributed by atoms with Gasteiger partial charge in [-0.05, 0) is 23.8 Å². The predicted molar refractivity (Wildman–Crippen MR) is 102 cm³/mol. The van der Waals surface area contributed by atoms with E-state index in [9.17, 15) is 12.8 Å². The maximum Gasteiger partial charge on any atom is 0.218 e. The SMILES string of the molecule is O=S(=O)(Cc1ccc(F)cc1)N1CCN(c2cc(-n3cccn3)ncn2)CC1. The summed E-state index contributed by atoms with van der Waals surface area (Å²) in [6.07, 6.45) is 4.95. The average Bonchev–Trinajstić information content (AvgIpc) is 3.25. The van der Waals surface area contributed by atoms with Crippen LogP contribution in [0.4, 0.5) is 10.2 Å². The number of hydrogen-bond donors (Lipinski definition) is 0. The minimum Gasteiger partial charge on any atom is -0.354 e. The second-order valence-corrected chi connectivity index (χ2v) is 8.42. The molecule has 2 aromatic heterocycles. The van der Waals surface area contributed by atoms with E-state index in [1.807, 2.05) is 17.0 Å². The molecule has 0 atom stereocenters. The van der Waals surface area contributed by atoms with E-state index in [4.69, 9.17) is 0 Å². The molecule has 0 N–H and O–H groups in total. The topological polar surface area (TPSA) is 84.2 Å². The molecule has 0 spiro atoms. The van der Waals surface area contributed by atoms with Gasteiger partial charge in [0.25, 0.3) is 0 Å². The molecule has 0 radical (unpaired) electrons. The Kier molecular flexibility index (Phi) is 5.05. The fourth-order valence-corrected chi connectivity index (χ4v) is 4.63. The van der Waals surface area contributed by atoms with E-state index in [0.717, 1.165) is 5.82 Å². The lowest BCUT2D eigenvalue weighted by molar-refractivity contribution is 0.383. The van der Waals surface area contributed by atoms with Crippen molar-refractivity contribution in [2.75, 3.05) is 31.1 Å². The molecule has 146 valence electrons. The van der Waals surface area contributed by atoms with Crippen LogP contribution in [-0.4, -0.2) is 58.7 Å². The molecule has 0 unspecified atom stereocenters. The highest BCUT2D eigenvalue weighted by Gasteiger charge is 2.27. The normalized spacial score (nSPS) is 15.7. The number of benzene rings is 1. The van der Waals surface area contributed by atoms with Crippen molar-refractivity contribution in [1.29, 1.82) is 0 Å². The van der Waals surface area contributed by atoms with Crippen molar-refractivity contribution in [1.82, 2.24) is 24.1 Å². The first-order chi connectivity index (χ1) is 13.5. The lowest BCUT2D eigenvalue weighted by atomic mass is 10.2. The van der Waals surface area contributed by atoms with E-state index in [1.165, 1.54) is 34.9 Å². The summed E-state index contributed by atoms with van der Waals surface area (Å²) in [5.41, 5.74) is 0.573. The summed E-state index contributed by atoms with van der Waals surface area (Å²) in [5.74, 6) is 0.871. The Morgan fingerprint density at radius 2 is 1.71 bits per heavy atom. The molecule has 1 fully saturated rings. The smallest absolute Gasteiger partial charge is 0.218 e. The van der Waals surface area contributed by atoms with Crippen molar-refractivity contribution in [3.63, 3.8) is 0 Å². The van der Waals surface area contributed by atoms with Gasteiger partial charge in [0, 0.05) is 44.6 Å². The summed E-state index contributed by atoms with van der Waals surface area (Å²) in [6.45, 7) is 1.78. The van der Waals surface area contributed by atoms with Crippen molar-refractivity contribution >= 4 is 15.8 Å². The molecule has 10 heteroatoms. The van der Waals surface area contributed by atoms with E-state index >= 15 is 0 Å². The van der Waals surface area contributed by atoms with Gasteiger partial charge in [-0.2, -0.15) is 9.40 Å². The standard InChI is InChI=1S/C18H19FN6O2S/c19-16-4-2-15(3-5-16)13-28(26,27)24-10-8-23(9-11-24)17-12-18(21-14-20-17)25-7-1-6-22-25/h1-7,12,14H,8-11,13H2. The van der Waals surface area contributed by atoms with Crippen molar-refractivity contribution < 1.29 is 12.8 Å². The van der Waals surface area contributed by atoms with Crippen molar-refractivity contribution in [2.45, 2.75) is 5.75 Å². The fourth-order valence-electron chi connectivity index (χ4n) is 3.12. The number of aromatic nitrogens is 4. The molecule has 4 rings (SSSR count). The molecule has 0 aliphatic carbocycles. The van der Waals surface area contributed by atoms with Crippen LogP contribution in [0.2, 0.25) is 0 Å². The Morgan fingerprint density at radius 3 is 2.39 bits per heavy atom. The third-order valence-corrected chi connectivity index (χ3v) is 6.45. The number of halogens is 1. The Labute approximate surface area is 162 Å². The average molecular weight is 402 g/mol. The Balaban J connectivity index is 1.42. The monoisotopic (exact) mass is 402 g/mol. The molecule has 1 aliphatic rings. The summed E-state index contributed by atoms with van der Waals surface area (Å²) >= 11 is 0. The summed E-state index contributed by atoms with van der Waals surface area (Å²) in [7, 11) is -3.46. The number of piperazine rings is 1. The van der Waals surface area contributed by atoms with Crippen LogP contribution in [0, 0.1) is 5.82 Å². The molecule has 8 nitrogen and oxygen atoms in total. The van der Waals surface area contributed by atoms with E-state index in [0.29, 0.717) is 37.6 Å². The first-order valence-electron chi connectivity index (χ1n) is 8.80. The number of rotatable bonds is 5. The van der Waals surface area contributed by atoms with Crippen LogP contribution in [0.1, 0.15) is 5.56 Å². The highest BCUT2D eigenvalue weighted by Crippen LogP contribution is 2.19. The molecular formula is C18H19FN6O2S. The van der Waals surface area contributed by atoms with Gasteiger partial charge in [-0.15, -0.1) is 0 Å². The molecule has 0 bridgehead atoms. The van der Waals surface area contributed by atoms with Gasteiger partial charge >= 0.3 is 0 Å². The van der Waals surface area contributed by atoms with Gasteiger partial charge in [0.15, 0.2) is 5.82 Å². The van der Waals surface area contributed by atoms with Crippen LogP contribution in [-0.2, 0) is 15.8 Å². The number of nitrogens with zero attached hydrogens (tertiary/aromatic N) is 6. The van der Waals surface area contributed by atoms with E-state index in [1.54, 1.807) is 17.1 Å². The third kappa shape index (κ3) is 4.02. The van der Waals surface area contributed by atoms with Gasteiger partial charge in [-0.3, -0.25) is 0 Å². The van der Waals surface area contributed by atoms with E-state index < -0.39 is 10.0 Å². The quantitative estimate of drug-likeness (QED) is 0.642. The van der Waals surface area contributed by atoms with E-state index in [2.05, 4.69) is 15.1 Å². The highest BCUT2D eigenvalue weighted by molar-refractivity contribution is 7.88. The number of sulfonamides is 1. The van der Waals surface area contributed by atoms with Gasteiger partial charge in [-0.1, -0.05) is 12.1 Å². The minimum atomic E-state index is -3.46. The Bertz CT molecular complexity index is 1030. The molecule has 0 amide bonds. The van der Waals surface area contributed by atoms with Gasteiger partial charge in [0.05, 0.1) is 5.75 Å². The molecule has 3 aromatic rings. The van der Waals surface area contributed by atoms with Crippen molar-refractivity contribution in [3.8, 4) is 5.82 Å². The second kappa shape index (κ2) is 7.64. The van der Waals surface area contributed by atoms with Crippen LogP contribution < -0.4 is 4.90 Å². The second-order valence-electron chi connectivity index (χ2n) is 6.45. The lowest BCUT2D eigenvalue weighted by Crippen LogP contribution is -2.49. The Hall–Kier alpha value is -2.85. The summed E-state index contributed by atoms with van der Waals surface area (Å²) in [4.78, 5) is 10.5. The van der Waals surface area contributed by atoms with Crippen LogP contribution in [0.15, 0.2) is 55.1 Å². The zero-order valence-electron chi connectivity index (χ0n) is 15.0. The number of anilines is 1. The zero-order chi connectivity index (χ0) is 19.6. The van der Waals surface area contributed by atoms with Crippen LogP contribution in [0.5, 0.6) is 0 Å². The van der Waals surface area contributed by atoms with Gasteiger partial charge in [0.2, 0.25) is 10.0 Å². The van der Waals surface area contributed by atoms with Gasteiger partial charge in [0.1, 0.15) is 18.0 Å². The zero-order valence-corrected chi connectivity index (χ0v) is 15.8. The summed E-state index contributed by atoms with van der Waals surface area (Å²) in [6, 6.07) is 9.19. The van der Waals surface area contributed by atoms with E-state index in [-0.39, 0.29) is 11.6 Å². The minimum absolute atomic E-state index is 0.135. The molecular weight excluding hydrogens is 383 g/mol. The highest BCUT2D eigenvalue weighted by atomic mass is 32.2. The first kappa shape index (κ1) is 18.5. The molecule has 28 heavy (non-hydrogen) atoms. The van der Waals surface area contributed by atoms with Crippen molar-refractivity contribution in [3.05, 3.63) is 66.5 Å². The summed E-state index contributed by atoms with van der Waals surface area (Å²) in [5, 5.41) is 4.16. The van der Waals surface area contributed by atoms with Gasteiger partial charge < -0.3 is 4.90 Å². The maximum absolute atomic E-state index is 13.0. The molecule has 0 saturated carbocycles. The summed E-state index contributed by atoms with van der Waals surface area (Å²) < 4.78 is 41.5. The van der Waals surface area contributed by atoms with Gasteiger partial charge in [-0.25, -0.2) is 27.5 Å². The fraction of sp³-hybridized carbons (Fsp3) is 0.278. The number of hydrogen-bond acceptors (Lipinski definition) is 6. The molecule has 1 aliphatic heterocycles. The van der Waals surface area contributed by atoms with Crippen LogP contribution in [0.25, 0.3) is 5.82 Å². The van der Waals surface area contributed by atoms with Crippen LogP contribution in [0.3, 0.4) is 0 Å². The lowest BCUT2D eigenvalue weighted by Gasteiger charge is -2.34. The van der Waals surface area contributed by atoms with Crippen LogP contribution >= 0.6 is 0 Å². The molecule has 1 aromatic carbocycles. The predicted octanol–water partition coefficient (Wildman–Crippen LogP) is 1.45. The largest absolute Gasteiger partial charge is 0.354 e.